The molecule has 0 aromatic rings. The standard InChI is InChI=1S/C8H3F11O3/c1-2-21-8(17,18)7(15,16)6(13,14)5(11,12)4(9,10)3(20)22-19/h2H,1H2. The highest BCUT2D eigenvalue weighted by Gasteiger charge is 2.89. The van der Waals surface area contributed by atoms with Crippen LogP contribution in [0.1, 0.15) is 0 Å². The molecule has 0 spiro atoms. The maximum atomic E-state index is 12.9. The van der Waals surface area contributed by atoms with Gasteiger partial charge in [0.25, 0.3) is 0 Å². The minimum Gasteiger partial charge on any atom is -0.436 e. The molecule has 0 amide bonds. The van der Waals surface area contributed by atoms with Crippen molar-refractivity contribution in [2.75, 3.05) is 0 Å². The second-order valence-electron chi connectivity index (χ2n) is 3.46. The third-order valence-electron chi connectivity index (χ3n) is 2.11. The monoisotopic (exact) mass is 356 g/mol. The van der Waals surface area contributed by atoms with Gasteiger partial charge in [0.05, 0.1) is 6.26 Å². The Balaban J connectivity index is 6.10. The van der Waals surface area contributed by atoms with Crippen molar-refractivity contribution in [2.24, 2.45) is 0 Å². The first-order chi connectivity index (χ1) is 9.54. The highest BCUT2D eigenvalue weighted by Crippen LogP contribution is 2.57. The lowest BCUT2D eigenvalue weighted by atomic mass is 9.98. The van der Waals surface area contributed by atoms with Crippen molar-refractivity contribution in [1.82, 2.24) is 0 Å². The summed E-state index contributed by atoms with van der Waals surface area (Å²) in [6.07, 6.45) is -6.98. The van der Waals surface area contributed by atoms with E-state index in [1.807, 2.05) is 0 Å². The zero-order valence-corrected chi connectivity index (χ0v) is 9.67. The summed E-state index contributed by atoms with van der Waals surface area (Å²) in [6.45, 7) is 2.25. The molecule has 130 valence electrons. The number of carbonyl (C=O) groups is 1. The summed E-state index contributed by atoms with van der Waals surface area (Å²) in [6, 6.07) is 0. The van der Waals surface area contributed by atoms with E-state index in [4.69, 9.17) is 0 Å². The summed E-state index contributed by atoms with van der Waals surface area (Å²) in [5.41, 5.74) is 0. The van der Waals surface area contributed by atoms with Crippen LogP contribution in [0.15, 0.2) is 12.8 Å². The molecule has 3 nitrogen and oxygen atoms in total. The number of carbonyl (C=O) groups excluding carboxylic acids is 1. The highest BCUT2D eigenvalue weighted by atomic mass is 19.4. The SMILES string of the molecule is C=COC(F)(F)C(F)(F)C(F)(F)C(F)(F)C(F)(F)C(=O)OF. The summed E-state index contributed by atoms with van der Waals surface area (Å²) in [4.78, 5) is 11.5. The molecule has 0 unspecified atom stereocenters. The van der Waals surface area contributed by atoms with E-state index in [-0.39, 0.29) is 0 Å². The Labute approximate surface area is 113 Å². The van der Waals surface area contributed by atoms with Crippen LogP contribution in [0.4, 0.5) is 48.4 Å². The maximum absolute atomic E-state index is 12.9. The Morgan fingerprint density at radius 1 is 0.818 bits per heavy atom. The molecule has 22 heavy (non-hydrogen) atoms. The zero-order valence-electron chi connectivity index (χ0n) is 9.67. The summed E-state index contributed by atoms with van der Waals surface area (Å²) in [5.74, 6) is -33.2. The molecule has 0 aromatic heterocycles. The topological polar surface area (TPSA) is 35.5 Å². The highest BCUT2D eigenvalue weighted by molar-refractivity contribution is 5.78. The molecule has 0 rings (SSSR count). The van der Waals surface area contributed by atoms with Crippen LogP contribution in [-0.4, -0.2) is 35.8 Å². The minimum atomic E-state index is -7.57. The lowest BCUT2D eigenvalue weighted by Crippen LogP contribution is -2.69. The van der Waals surface area contributed by atoms with Crippen molar-refractivity contribution >= 4 is 5.97 Å². The minimum absolute atomic E-state index is 0.559. The summed E-state index contributed by atoms with van der Waals surface area (Å²) in [5, 5.41) is 0. The van der Waals surface area contributed by atoms with Gasteiger partial charge in [0.2, 0.25) is 0 Å². The van der Waals surface area contributed by atoms with Crippen LogP contribution >= 0.6 is 0 Å². The fourth-order valence-corrected chi connectivity index (χ4v) is 0.932. The van der Waals surface area contributed by atoms with Crippen LogP contribution in [0.2, 0.25) is 0 Å². The Morgan fingerprint density at radius 3 is 1.55 bits per heavy atom. The smallest absolute Gasteiger partial charge is 0.436 e. The van der Waals surface area contributed by atoms with E-state index in [2.05, 4.69) is 11.3 Å². The number of halogens is 11. The number of alkyl halides is 10. The van der Waals surface area contributed by atoms with Gasteiger partial charge in [0.15, 0.2) is 0 Å². The Hall–Kier alpha value is -1.76. The van der Waals surface area contributed by atoms with E-state index < -0.39 is 42.0 Å². The van der Waals surface area contributed by atoms with E-state index in [1.54, 1.807) is 4.94 Å². The van der Waals surface area contributed by atoms with Crippen LogP contribution in [0.5, 0.6) is 0 Å². The van der Waals surface area contributed by atoms with Gasteiger partial charge in [-0.1, -0.05) is 6.58 Å². The van der Waals surface area contributed by atoms with Gasteiger partial charge in [-0.3, -0.25) is 0 Å². The second-order valence-corrected chi connectivity index (χ2v) is 3.46. The maximum Gasteiger partial charge on any atom is 0.470 e. The fraction of sp³-hybridized carbons (Fsp3) is 0.625. The summed E-state index contributed by atoms with van der Waals surface area (Å²) >= 11 is 0. The molecule has 0 aliphatic rings. The normalized spacial score (nSPS) is 14.5. The van der Waals surface area contributed by atoms with Crippen LogP contribution in [0, 0.1) is 0 Å². The lowest BCUT2D eigenvalue weighted by molar-refractivity contribution is -0.435. The fourth-order valence-electron chi connectivity index (χ4n) is 0.932. The molecule has 0 N–H and O–H groups in total. The molecule has 14 heteroatoms. The molecular weight excluding hydrogens is 353 g/mol. The van der Waals surface area contributed by atoms with E-state index in [1.165, 1.54) is 0 Å². The van der Waals surface area contributed by atoms with Gasteiger partial charge in [-0.2, -0.15) is 43.9 Å². The summed E-state index contributed by atoms with van der Waals surface area (Å²) in [7, 11) is 0. The van der Waals surface area contributed by atoms with E-state index >= 15 is 0 Å². The van der Waals surface area contributed by atoms with Gasteiger partial charge < -0.3 is 4.74 Å². The van der Waals surface area contributed by atoms with E-state index in [9.17, 15) is 53.2 Å². The Kier molecular flexibility index (Phi) is 5.02. The zero-order chi connectivity index (χ0) is 18.2. The average Bonchev–Trinajstić information content (AvgIpc) is 2.36. The first-order valence-electron chi connectivity index (χ1n) is 4.55. The number of hydrogen-bond donors (Lipinski definition) is 0. The van der Waals surface area contributed by atoms with Crippen LogP contribution in [0.25, 0.3) is 0 Å². The van der Waals surface area contributed by atoms with Crippen molar-refractivity contribution < 1.29 is 62.9 Å². The van der Waals surface area contributed by atoms with Gasteiger partial charge in [0, 0.05) is 4.53 Å². The molecule has 0 aliphatic carbocycles. The third kappa shape index (κ3) is 2.54. The van der Waals surface area contributed by atoms with Crippen LogP contribution in [-0.2, 0) is 14.5 Å². The van der Waals surface area contributed by atoms with Gasteiger partial charge >= 0.3 is 35.8 Å². The average molecular weight is 356 g/mol. The van der Waals surface area contributed by atoms with Crippen molar-refractivity contribution in [2.45, 2.75) is 29.8 Å². The van der Waals surface area contributed by atoms with Crippen molar-refractivity contribution in [3.05, 3.63) is 12.8 Å². The van der Waals surface area contributed by atoms with Gasteiger partial charge in [-0.25, -0.2) is 9.74 Å². The molecule has 0 atom stereocenters. The predicted molar refractivity (Wildman–Crippen MR) is 43.2 cm³/mol. The molecule has 0 aromatic carbocycles. The first-order valence-corrected chi connectivity index (χ1v) is 4.55. The van der Waals surface area contributed by atoms with Crippen molar-refractivity contribution in [3.63, 3.8) is 0 Å². The van der Waals surface area contributed by atoms with E-state index in [0.717, 1.165) is 0 Å². The number of ether oxygens (including phenoxy) is 1. The molecule has 0 saturated heterocycles. The van der Waals surface area contributed by atoms with Crippen LogP contribution in [0.3, 0.4) is 0 Å². The van der Waals surface area contributed by atoms with Gasteiger partial charge in [-0.15, -0.1) is 0 Å². The summed E-state index contributed by atoms with van der Waals surface area (Å²) < 4.78 is 141. The van der Waals surface area contributed by atoms with Crippen molar-refractivity contribution in [3.8, 4) is 0 Å². The van der Waals surface area contributed by atoms with Gasteiger partial charge in [0.1, 0.15) is 0 Å². The van der Waals surface area contributed by atoms with Crippen molar-refractivity contribution in [1.29, 1.82) is 0 Å². The number of rotatable bonds is 7. The third-order valence-corrected chi connectivity index (χ3v) is 2.11. The molecule has 0 fully saturated rings. The molecule has 0 heterocycles. The molecule has 0 bridgehead atoms. The molecule has 0 saturated carbocycles. The van der Waals surface area contributed by atoms with Gasteiger partial charge in [-0.05, 0) is 0 Å². The Bertz CT molecular complexity index is 445. The second kappa shape index (κ2) is 5.46. The first kappa shape index (κ1) is 20.2. The Morgan fingerprint density at radius 2 is 1.23 bits per heavy atom. The largest absolute Gasteiger partial charge is 0.470 e. The molecule has 0 aliphatic heterocycles. The quantitative estimate of drug-likeness (QED) is 0.515. The molecular formula is C8H3F11O3. The predicted octanol–water partition coefficient (Wildman–Crippen LogP) is 3.71. The lowest BCUT2D eigenvalue weighted by Gasteiger charge is -2.37. The van der Waals surface area contributed by atoms with Crippen LogP contribution < -0.4 is 0 Å². The van der Waals surface area contributed by atoms with E-state index in [0.29, 0.717) is 0 Å². The molecule has 0 radical (unpaired) electrons. The number of hydrogen-bond acceptors (Lipinski definition) is 3.